The van der Waals surface area contributed by atoms with Gasteiger partial charge in [0.25, 0.3) is 0 Å². The number of methoxy groups -OCH3 is 1. The third-order valence-electron chi connectivity index (χ3n) is 1.74. The third kappa shape index (κ3) is 7.93. The maximum absolute atomic E-state index is 7.75. The van der Waals surface area contributed by atoms with Crippen LogP contribution in [0.2, 0.25) is 0 Å². The smallest absolute Gasteiger partial charge is 0.118 e. The van der Waals surface area contributed by atoms with E-state index in [0.29, 0.717) is 5.25 Å². The van der Waals surface area contributed by atoms with Gasteiger partial charge in [0, 0.05) is 26.2 Å². The topological polar surface area (TPSA) is 26.3 Å². The number of hydrogen-bond donors (Lipinski definition) is 0. The van der Waals surface area contributed by atoms with Gasteiger partial charge in [-0.2, -0.15) is 11.8 Å². The summed E-state index contributed by atoms with van der Waals surface area (Å²) in [5, 5.41) is 0.696. The minimum Gasteiger partial charge on any atom is -0.545 e. The molecule has 0 unspecified atom stereocenters. The molecule has 1 aromatic rings. The number of ether oxygens (including phenoxy) is 1. The Hall–Kier alpha value is -0.298. The molecule has 1 aromatic carbocycles. The molecule has 0 aliphatic rings. The van der Waals surface area contributed by atoms with E-state index in [1.165, 1.54) is 5.56 Å². The van der Waals surface area contributed by atoms with Crippen LogP contribution in [0.3, 0.4) is 0 Å². The SMILES string of the molecule is COc1ccc(CSC(C)C)cc1.[CH-]=O.[Re]. The number of carbonyl (C=O) groups excluding carboxylic acids is 1. The van der Waals surface area contributed by atoms with Gasteiger partial charge in [-0.05, 0) is 22.9 Å². The van der Waals surface area contributed by atoms with Crippen LogP contribution in [0.4, 0.5) is 0 Å². The Kier molecular flexibility index (Phi) is 12.6. The molecule has 0 aromatic heterocycles. The quantitative estimate of drug-likeness (QED) is 0.563. The molecule has 0 saturated heterocycles. The van der Waals surface area contributed by atoms with Gasteiger partial charge in [-0.15, -0.1) is 0 Å². The summed E-state index contributed by atoms with van der Waals surface area (Å²) in [6, 6.07) is 8.26. The molecule has 0 saturated carbocycles. The van der Waals surface area contributed by atoms with Gasteiger partial charge >= 0.3 is 0 Å². The van der Waals surface area contributed by atoms with E-state index in [1.54, 1.807) is 7.11 Å². The average molecular weight is 412 g/mol. The maximum Gasteiger partial charge on any atom is 0.118 e. The van der Waals surface area contributed by atoms with Crippen molar-refractivity contribution < 1.29 is 30.0 Å². The first-order chi connectivity index (χ1) is 7.22. The summed E-state index contributed by atoms with van der Waals surface area (Å²) in [5.74, 6) is 2.01. The van der Waals surface area contributed by atoms with E-state index in [0.717, 1.165) is 11.5 Å². The standard InChI is InChI=1S/C11H16OS.CHO.Re/c1-9(2)13-8-10-4-6-11(12-3)7-5-10;1-2;/h4-7,9H,8H2,1-3H3;1H;/q;-1;. The predicted molar refractivity (Wildman–Crippen MR) is 66.2 cm³/mol. The van der Waals surface area contributed by atoms with Crippen LogP contribution in [0.25, 0.3) is 0 Å². The van der Waals surface area contributed by atoms with Gasteiger partial charge in [0.15, 0.2) is 0 Å². The van der Waals surface area contributed by atoms with Crippen LogP contribution >= 0.6 is 11.8 Å². The first-order valence-corrected chi connectivity index (χ1v) is 5.75. The Bertz CT molecular complexity index is 262. The molecule has 4 heteroatoms. The first-order valence-electron chi connectivity index (χ1n) is 4.70. The molecule has 2 nitrogen and oxygen atoms in total. The Labute approximate surface area is 116 Å². The fourth-order valence-corrected chi connectivity index (χ4v) is 1.70. The van der Waals surface area contributed by atoms with E-state index in [-0.39, 0.29) is 20.4 Å². The van der Waals surface area contributed by atoms with Gasteiger partial charge in [0.2, 0.25) is 0 Å². The molecule has 91 valence electrons. The summed E-state index contributed by atoms with van der Waals surface area (Å²) in [6.07, 6.45) is 0. The molecule has 16 heavy (non-hydrogen) atoms. The van der Waals surface area contributed by atoms with Crippen LogP contribution in [0, 0.1) is 0 Å². The van der Waals surface area contributed by atoms with Crippen molar-refractivity contribution in [1.29, 1.82) is 0 Å². The van der Waals surface area contributed by atoms with Gasteiger partial charge in [0.1, 0.15) is 5.75 Å². The van der Waals surface area contributed by atoms with Crippen molar-refractivity contribution in [3.63, 3.8) is 0 Å². The van der Waals surface area contributed by atoms with Crippen LogP contribution in [0.15, 0.2) is 24.3 Å². The summed E-state index contributed by atoms with van der Waals surface area (Å²) in [4.78, 5) is 7.75. The molecule has 0 aliphatic carbocycles. The van der Waals surface area contributed by atoms with Gasteiger partial charge in [-0.25, -0.2) is 0 Å². The van der Waals surface area contributed by atoms with E-state index in [1.807, 2.05) is 23.9 Å². The molecule has 0 N–H and O–H groups in total. The Balaban J connectivity index is 0. The van der Waals surface area contributed by atoms with Crippen molar-refractivity contribution in [3.8, 4) is 5.75 Å². The van der Waals surface area contributed by atoms with Crippen LogP contribution in [-0.2, 0) is 31.0 Å². The zero-order valence-corrected chi connectivity index (χ0v) is 13.3. The van der Waals surface area contributed by atoms with Gasteiger partial charge in [-0.1, -0.05) is 26.0 Å². The first kappa shape index (κ1) is 18.1. The number of benzene rings is 1. The Morgan fingerprint density at radius 3 is 2.12 bits per heavy atom. The fraction of sp³-hybridized carbons (Fsp3) is 0.417. The minimum atomic E-state index is 0. The molecule has 0 aliphatic heterocycles. The number of hydrogen-bond acceptors (Lipinski definition) is 3. The second kappa shape index (κ2) is 11.2. The molecule has 0 fully saturated rings. The minimum absolute atomic E-state index is 0. The molecule has 0 atom stereocenters. The Morgan fingerprint density at radius 1 is 1.25 bits per heavy atom. The maximum atomic E-state index is 7.75. The number of thioether (sulfide) groups is 1. The molecule has 1 rings (SSSR count). The summed E-state index contributed by atoms with van der Waals surface area (Å²) >= 11 is 1.96. The Morgan fingerprint density at radius 2 is 1.75 bits per heavy atom. The normalized spacial score (nSPS) is 8.75. The van der Waals surface area contributed by atoms with Crippen molar-refractivity contribution in [1.82, 2.24) is 0 Å². The van der Waals surface area contributed by atoms with Crippen LogP contribution < -0.4 is 4.74 Å². The second-order valence-corrected chi connectivity index (χ2v) is 4.77. The number of rotatable bonds is 4. The monoisotopic (exact) mass is 412 g/mol. The molecular formula is C12H17O2ReS-. The zero-order chi connectivity index (χ0) is 11.7. The van der Waals surface area contributed by atoms with Crippen molar-refractivity contribution >= 4 is 18.6 Å². The van der Waals surface area contributed by atoms with E-state index in [9.17, 15) is 0 Å². The van der Waals surface area contributed by atoms with Crippen LogP contribution in [0.1, 0.15) is 19.4 Å². The third-order valence-corrected chi connectivity index (χ3v) is 2.91. The second-order valence-electron chi connectivity index (χ2n) is 3.21. The van der Waals surface area contributed by atoms with Crippen LogP contribution in [-0.4, -0.2) is 19.1 Å². The van der Waals surface area contributed by atoms with Crippen molar-refractivity contribution in [2.45, 2.75) is 24.9 Å². The predicted octanol–water partition coefficient (Wildman–Crippen LogP) is 3.06. The van der Waals surface area contributed by atoms with Crippen molar-refractivity contribution in [2.75, 3.05) is 7.11 Å². The average Bonchev–Trinajstić information content (AvgIpc) is 2.30. The largest absolute Gasteiger partial charge is 0.545 e. The van der Waals surface area contributed by atoms with Crippen LogP contribution in [0.5, 0.6) is 5.75 Å². The van der Waals surface area contributed by atoms with Gasteiger partial charge in [0.05, 0.1) is 7.11 Å². The zero-order valence-electron chi connectivity index (χ0n) is 9.77. The molecule has 0 bridgehead atoms. The van der Waals surface area contributed by atoms with Crippen molar-refractivity contribution in [2.24, 2.45) is 0 Å². The van der Waals surface area contributed by atoms with E-state index in [4.69, 9.17) is 9.53 Å². The van der Waals surface area contributed by atoms with Gasteiger partial charge < -0.3 is 9.53 Å². The summed E-state index contributed by atoms with van der Waals surface area (Å²) in [7, 11) is 1.69. The summed E-state index contributed by atoms with van der Waals surface area (Å²) in [5.41, 5.74) is 1.36. The van der Waals surface area contributed by atoms with Gasteiger partial charge in [-0.3, -0.25) is 6.79 Å². The molecule has 0 amide bonds. The van der Waals surface area contributed by atoms with E-state index >= 15 is 0 Å². The molecule has 1 radical (unpaired) electrons. The van der Waals surface area contributed by atoms with Crippen molar-refractivity contribution in [3.05, 3.63) is 29.8 Å². The van der Waals surface area contributed by atoms with E-state index in [2.05, 4.69) is 32.8 Å². The summed E-state index contributed by atoms with van der Waals surface area (Å²) < 4.78 is 5.09. The van der Waals surface area contributed by atoms with E-state index < -0.39 is 0 Å². The molecule has 0 heterocycles. The molecular weight excluding hydrogens is 394 g/mol. The molecule has 0 spiro atoms. The summed E-state index contributed by atoms with van der Waals surface area (Å²) in [6.45, 7) is 7.68. The fourth-order valence-electron chi connectivity index (χ4n) is 0.985.